The SMILES string of the molecule is C/C(=N\Nc1ccc([N+](=O)[O-])cc1S(=O)(=O)N1CCOCC1)c1cccc(C(F)(F)F)c1. The Morgan fingerprint density at radius 2 is 1.88 bits per heavy atom. The predicted molar refractivity (Wildman–Crippen MR) is 110 cm³/mol. The molecule has 1 aliphatic rings. The number of morpholine rings is 1. The number of nitro groups is 1. The average molecular weight is 472 g/mol. The molecule has 1 aliphatic heterocycles. The Morgan fingerprint density at radius 3 is 2.50 bits per heavy atom. The number of hydrogen-bond donors (Lipinski definition) is 1. The van der Waals surface area contributed by atoms with Crippen LogP contribution in [-0.2, 0) is 20.9 Å². The highest BCUT2D eigenvalue weighted by atomic mass is 32.2. The number of sulfonamides is 1. The summed E-state index contributed by atoms with van der Waals surface area (Å²) in [5.41, 5.74) is 1.53. The smallest absolute Gasteiger partial charge is 0.379 e. The van der Waals surface area contributed by atoms with Crippen LogP contribution in [0.1, 0.15) is 18.1 Å². The van der Waals surface area contributed by atoms with E-state index in [1.54, 1.807) is 0 Å². The van der Waals surface area contributed by atoms with Gasteiger partial charge < -0.3 is 4.74 Å². The molecule has 1 fully saturated rings. The Bertz CT molecular complexity index is 1150. The number of rotatable bonds is 6. The highest BCUT2D eigenvalue weighted by molar-refractivity contribution is 7.89. The van der Waals surface area contributed by atoms with E-state index in [2.05, 4.69) is 10.5 Å². The molecule has 2 aromatic rings. The third-order valence-corrected chi connectivity index (χ3v) is 6.65. The van der Waals surface area contributed by atoms with E-state index in [1.165, 1.54) is 25.1 Å². The lowest BCUT2D eigenvalue weighted by Crippen LogP contribution is -2.40. The molecule has 0 bridgehead atoms. The molecule has 3 rings (SSSR count). The maximum atomic E-state index is 13.1. The molecule has 1 saturated heterocycles. The van der Waals surface area contributed by atoms with E-state index < -0.39 is 32.4 Å². The zero-order chi connectivity index (χ0) is 23.5. The van der Waals surface area contributed by atoms with Crippen molar-refractivity contribution in [3.63, 3.8) is 0 Å². The molecule has 0 radical (unpaired) electrons. The second kappa shape index (κ2) is 9.22. The van der Waals surface area contributed by atoms with Crippen LogP contribution in [0, 0.1) is 10.1 Å². The zero-order valence-corrected chi connectivity index (χ0v) is 17.6. The number of hydrogen-bond acceptors (Lipinski definition) is 7. The van der Waals surface area contributed by atoms with E-state index in [4.69, 9.17) is 4.74 Å². The summed E-state index contributed by atoms with van der Waals surface area (Å²) in [5, 5.41) is 15.2. The Labute approximate surface area is 181 Å². The van der Waals surface area contributed by atoms with Gasteiger partial charge in [-0.15, -0.1) is 0 Å². The number of alkyl halides is 3. The molecule has 0 aliphatic carbocycles. The first-order chi connectivity index (χ1) is 15.0. The Balaban J connectivity index is 1.97. The summed E-state index contributed by atoms with van der Waals surface area (Å²) in [6.45, 7) is 1.98. The van der Waals surface area contributed by atoms with Crippen molar-refractivity contribution in [1.82, 2.24) is 4.31 Å². The van der Waals surface area contributed by atoms with Crippen molar-refractivity contribution in [3.05, 3.63) is 63.7 Å². The van der Waals surface area contributed by atoms with E-state index in [9.17, 15) is 31.7 Å². The number of benzene rings is 2. The van der Waals surface area contributed by atoms with Crippen LogP contribution in [0.25, 0.3) is 0 Å². The van der Waals surface area contributed by atoms with Gasteiger partial charge in [0.25, 0.3) is 5.69 Å². The summed E-state index contributed by atoms with van der Waals surface area (Å²) in [6.07, 6.45) is -4.53. The number of nitrogens with zero attached hydrogens (tertiary/aromatic N) is 3. The van der Waals surface area contributed by atoms with Crippen molar-refractivity contribution in [2.24, 2.45) is 5.10 Å². The van der Waals surface area contributed by atoms with Crippen molar-refractivity contribution in [1.29, 1.82) is 0 Å². The van der Waals surface area contributed by atoms with E-state index in [0.717, 1.165) is 28.6 Å². The molecule has 2 aromatic carbocycles. The minimum Gasteiger partial charge on any atom is -0.379 e. The van der Waals surface area contributed by atoms with Crippen molar-refractivity contribution in [2.75, 3.05) is 31.7 Å². The van der Waals surface area contributed by atoms with Crippen LogP contribution < -0.4 is 5.43 Å². The molecule has 13 heteroatoms. The molecular formula is C19H19F3N4O5S. The van der Waals surface area contributed by atoms with Crippen LogP contribution >= 0.6 is 0 Å². The summed E-state index contributed by atoms with van der Waals surface area (Å²) in [6, 6.07) is 7.72. The van der Waals surface area contributed by atoms with Crippen LogP contribution in [0.15, 0.2) is 52.5 Å². The Kier molecular flexibility index (Phi) is 6.81. The van der Waals surface area contributed by atoms with Gasteiger partial charge in [-0.3, -0.25) is 15.5 Å². The van der Waals surface area contributed by atoms with Gasteiger partial charge in [0.1, 0.15) is 4.90 Å². The molecule has 1 N–H and O–H groups in total. The molecule has 172 valence electrons. The second-order valence-corrected chi connectivity index (χ2v) is 8.75. The predicted octanol–water partition coefficient (Wildman–Crippen LogP) is 3.47. The molecule has 1 heterocycles. The summed E-state index contributed by atoms with van der Waals surface area (Å²) in [7, 11) is -4.12. The minimum atomic E-state index is -4.53. The first kappa shape index (κ1) is 23.6. The van der Waals surface area contributed by atoms with E-state index in [0.29, 0.717) is 0 Å². The van der Waals surface area contributed by atoms with Gasteiger partial charge in [0.2, 0.25) is 10.0 Å². The van der Waals surface area contributed by atoms with E-state index in [1.807, 2.05) is 0 Å². The summed E-state index contributed by atoms with van der Waals surface area (Å²) in [4.78, 5) is 10.1. The first-order valence-electron chi connectivity index (χ1n) is 9.34. The number of ether oxygens (including phenoxy) is 1. The zero-order valence-electron chi connectivity index (χ0n) is 16.8. The van der Waals surface area contributed by atoms with E-state index >= 15 is 0 Å². The monoisotopic (exact) mass is 472 g/mol. The topological polar surface area (TPSA) is 114 Å². The average Bonchev–Trinajstić information content (AvgIpc) is 2.77. The van der Waals surface area contributed by atoms with Crippen LogP contribution in [0.5, 0.6) is 0 Å². The van der Waals surface area contributed by atoms with Gasteiger partial charge in [-0.1, -0.05) is 12.1 Å². The number of hydrazone groups is 1. The number of nitro benzene ring substituents is 1. The third-order valence-electron chi connectivity index (χ3n) is 4.72. The van der Waals surface area contributed by atoms with Gasteiger partial charge in [0, 0.05) is 25.2 Å². The van der Waals surface area contributed by atoms with Crippen LogP contribution in [0.4, 0.5) is 24.5 Å². The first-order valence-corrected chi connectivity index (χ1v) is 10.8. The Morgan fingerprint density at radius 1 is 1.19 bits per heavy atom. The number of nitrogens with one attached hydrogen (secondary N) is 1. The molecular weight excluding hydrogens is 453 g/mol. The van der Waals surface area contributed by atoms with Crippen molar-refractivity contribution >= 4 is 27.1 Å². The maximum Gasteiger partial charge on any atom is 0.416 e. The van der Waals surface area contributed by atoms with Gasteiger partial charge in [0.15, 0.2) is 0 Å². The van der Waals surface area contributed by atoms with Gasteiger partial charge >= 0.3 is 6.18 Å². The standard InChI is InChI=1S/C19H19F3N4O5S/c1-13(14-3-2-4-15(11-14)19(20,21)22)23-24-17-6-5-16(26(27)28)12-18(17)32(29,30)25-7-9-31-10-8-25/h2-6,11-12,24H,7-10H2,1H3/b23-13+. The fraction of sp³-hybridized carbons (Fsp3) is 0.316. The fourth-order valence-electron chi connectivity index (χ4n) is 2.99. The van der Waals surface area contributed by atoms with Crippen LogP contribution in [0.3, 0.4) is 0 Å². The largest absolute Gasteiger partial charge is 0.416 e. The van der Waals surface area contributed by atoms with Crippen molar-refractivity contribution in [2.45, 2.75) is 18.0 Å². The molecule has 0 spiro atoms. The van der Waals surface area contributed by atoms with Gasteiger partial charge in [-0.2, -0.15) is 22.6 Å². The molecule has 32 heavy (non-hydrogen) atoms. The lowest BCUT2D eigenvalue weighted by Gasteiger charge is -2.26. The van der Waals surface area contributed by atoms with Crippen molar-refractivity contribution in [3.8, 4) is 0 Å². The Hall–Kier alpha value is -3.03. The third kappa shape index (κ3) is 5.23. The van der Waals surface area contributed by atoms with Crippen LogP contribution in [-0.4, -0.2) is 49.7 Å². The molecule has 0 aromatic heterocycles. The van der Waals surface area contributed by atoms with Gasteiger partial charge in [0.05, 0.1) is 35.1 Å². The van der Waals surface area contributed by atoms with Gasteiger partial charge in [-0.05, 0) is 30.7 Å². The molecule has 0 amide bonds. The highest BCUT2D eigenvalue weighted by Gasteiger charge is 2.31. The normalized spacial score (nSPS) is 16.1. The highest BCUT2D eigenvalue weighted by Crippen LogP contribution is 2.31. The van der Waals surface area contributed by atoms with Gasteiger partial charge in [-0.25, -0.2) is 8.42 Å². The molecule has 0 unspecified atom stereocenters. The van der Waals surface area contributed by atoms with Crippen LogP contribution in [0.2, 0.25) is 0 Å². The molecule has 0 atom stereocenters. The number of halogens is 3. The second-order valence-electron chi connectivity index (χ2n) is 6.84. The minimum absolute atomic E-state index is 0.0478. The summed E-state index contributed by atoms with van der Waals surface area (Å²) >= 11 is 0. The number of non-ortho nitro benzene ring substituents is 1. The molecule has 0 saturated carbocycles. The molecule has 9 nitrogen and oxygen atoms in total. The quantitative estimate of drug-likeness (QED) is 0.391. The lowest BCUT2D eigenvalue weighted by molar-refractivity contribution is -0.385. The number of anilines is 1. The van der Waals surface area contributed by atoms with E-state index in [-0.39, 0.29) is 48.2 Å². The lowest BCUT2D eigenvalue weighted by atomic mass is 10.1. The summed E-state index contributed by atoms with van der Waals surface area (Å²) in [5.74, 6) is 0. The fourth-order valence-corrected chi connectivity index (χ4v) is 4.55. The maximum absolute atomic E-state index is 13.1. The van der Waals surface area contributed by atoms with Crippen molar-refractivity contribution < 1.29 is 31.2 Å². The summed E-state index contributed by atoms with van der Waals surface area (Å²) < 4.78 is 71.3.